The molecule has 0 radical (unpaired) electrons. The molecule has 0 N–H and O–H groups in total. The Kier molecular flexibility index (Phi) is 7.71. The molecule has 2 amide bonds. The van der Waals surface area contributed by atoms with Crippen molar-refractivity contribution in [3.05, 3.63) is 102 Å². The molecular weight excluding hydrogens is 583 g/mol. The fraction of sp³-hybridized carbons (Fsp3) is 0.120. The van der Waals surface area contributed by atoms with E-state index in [1.165, 1.54) is 31.4 Å². The van der Waals surface area contributed by atoms with Crippen molar-refractivity contribution < 1.29 is 24.0 Å². The summed E-state index contributed by atoms with van der Waals surface area (Å²) in [4.78, 5) is 37.0. The van der Waals surface area contributed by atoms with Crippen LogP contribution in [0.4, 0.5) is 10.5 Å². The van der Waals surface area contributed by atoms with Crippen LogP contribution in [-0.4, -0.2) is 28.1 Å². The number of ether oxygens (including phenoxy) is 2. The number of carbonyl (C=O) groups excluding carboxylic acids is 2. The van der Waals surface area contributed by atoms with Crippen LogP contribution in [0.2, 0.25) is 0 Å². The van der Waals surface area contributed by atoms with E-state index in [1.807, 2.05) is 24.3 Å². The highest BCUT2D eigenvalue weighted by Crippen LogP contribution is 2.35. The Labute approximate surface area is 219 Å². The number of halogens is 1. The Morgan fingerprint density at radius 3 is 2.34 bits per heavy atom. The topological polar surface area (TPSA) is 99.0 Å². The average molecular weight is 602 g/mol. The molecule has 0 atom stereocenters. The molecule has 0 aromatic heterocycles. The fourth-order valence-electron chi connectivity index (χ4n) is 3.33. The molecule has 3 aromatic rings. The van der Waals surface area contributed by atoms with Crippen molar-refractivity contribution in [2.45, 2.75) is 13.2 Å². The second-order valence-electron chi connectivity index (χ2n) is 7.52. The third-order valence-electron chi connectivity index (χ3n) is 5.15. The maximum Gasteiger partial charge on any atom is 0.293 e. The van der Waals surface area contributed by atoms with Crippen molar-refractivity contribution in [1.82, 2.24) is 4.90 Å². The van der Waals surface area contributed by atoms with E-state index >= 15 is 0 Å². The minimum Gasteiger partial charge on any atom is -0.493 e. The Hall–Kier alpha value is -3.38. The minimum absolute atomic E-state index is 0.0363. The normalized spacial score (nSPS) is 14.5. The maximum absolute atomic E-state index is 12.9. The summed E-state index contributed by atoms with van der Waals surface area (Å²) in [6.07, 6.45) is 1.63. The predicted octanol–water partition coefficient (Wildman–Crippen LogP) is 6.02. The van der Waals surface area contributed by atoms with Crippen molar-refractivity contribution in [3.8, 4) is 11.5 Å². The molecule has 3 aromatic carbocycles. The van der Waals surface area contributed by atoms with E-state index in [0.717, 1.165) is 25.8 Å². The zero-order valence-corrected chi connectivity index (χ0v) is 21.4. The SMILES string of the molecule is COc1cc(/C=C2\SC(=O)N(Cc3ccc([N+](=O)[O-])cc3)C2=O)ccc1OCc1ccc(I)cc1. The van der Waals surface area contributed by atoms with E-state index in [1.54, 1.807) is 24.3 Å². The molecule has 1 heterocycles. The summed E-state index contributed by atoms with van der Waals surface area (Å²) < 4.78 is 12.5. The minimum atomic E-state index is -0.501. The van der Waals surface area contributed by atoms with Gasteiger partial charge in [0.1, 0.15) is 6.61 Å². The molecule has 0 saturated carbocycles. The second-order valence-corrected chi connectivity index (χ2v) is 9.76. The van der Waals surface area contributed by atoms with Gasteiger partial charge in [-0.15, -0.1) is 0 Å². The van der Waals surface area contributed by atoms with Crippen LogP contribution >= 0.6 is 34.4 Å². The lowest BCUT2D eigenvalue weighted by atomic mass is 10.1. The van der Waals surface area contributed by atoms with Gasteiger partial charge in [-0.05, 0) is 81.4 Å². The van der Waals surface area contributed by atoms with Crippen molar-refractivity contribution >= 4 is 57.3 Å². The van der Waals surface area contributed by atoms with E-state index in [0.29, 0.717) is 29.2 Å². The summed E-state index contributed by atoms with van der Waals surface area (Å²) in [6.45, 7) is 0.419. The lowest BCUT2D eigenvalue weighted by Crippen LogP contribution is -2.27. The van der Waals surface area contributed by atoms with Crippen LogP contribution in [0.15, 0.2) is 71.6 Å². The van der Waals surface area contributed by atoms with Gasteiger partial charge in [-0.1, -0.05) is 30.3 Å². The summed E-state index contributed by atoms with van der Waals surface area (Å²) in [5, 5.41) is 10.4. The lowest BCUT2D eigenvalue weighted by Gasteiger charge is -2.12. The van der Waals surface area contributed by atoms with Crippen molar-refractivity contribution in [2.75, 3.05) is 7.11 Å². The van der Waals surface area contributed by atoms with Gasteiger partial charge in [0, 0.05) is 15.7 Å². The molecule has 0 unspecified atom stereocenters. The number of benzene rings is 3. The molecule has 178 valence electrons. The molecule has 4 rings (SSSR count). The van der Waals surface area contributed by atoms with Crippen LogP contribution in [0.5, 0.6) is 11.5 Å². The Balaban J connectivity index is 1.46. The predicted molar refractivity (Wildman–Crippen MR) is 141 cm³/mol. The number of nitro groups is 1. The van der Waals surface area contributed by atoms with E-state index in [9.17, 15) is 19.7 Å². The van der Waals surface area contributed by atoms with Gasteiger partial charge in [0.2, 0.25) is 0 Å². The van der Waals surface area contributed by atoms with Gasteiger partial charge in [-0.3, -0.25) is 24.6 Å². The van der Waals surface area contributed by atoms with Crippen LogP contribution in [0.1, 0.15) is 16.7 Å². The molecule has 35 heavy (non-hydrogen) atoms. The number of imide groups is 1. The third kappa shape index (κ3) is 6.01. The molecular formula is C25H19IN2O6S. The van der Waals surface area contributed by atoms with Crippen LogP contribution in [-0.2, 0) is 17.9 Å². The number of nitrogens with zero attached hydrogens (tertiary/aromatic N) is 2. The van der Waals surface area contributed by atoms with Gasteiger partial charge in [-0.25, -0.2) is 0 Å². The van der Waals surface area contributed by atoms with Crippen LogP contribution in [0.25, 0.3) is 6.08 Å². The number of thioether (sulfide) groups is 1. The van der Waals surface area contributed by atoms with Crippen LogP contribution in [0.3, 0.4) is 0 Å². The molecule has 1 fully saturated rings. The van der Waals surface area contributed by atoms with Crippen molar-refractivity contribution in [2.24, 2.45) is 0 Å². The number of non-ortho nitro benzene ring substituents is 1. The van der Waals surface area contributed by atoms with Gasteiger partial charge in [0.05, 0.1) is 23.5 Å². The number of rotatable bonds is 8. The largest absolute Gasteiger partial charge is 0.493 e. The number of carbonyl (C=O) groups is 2. The fourth-order valence-corrected chi connectivity index (χ4v) is 4.53. The van der Waals surface area contributed by atoms with E-state index in [-0.39, 0.29) is 17.1 Å². The number of amides is 2. The van der Waals surface area contributed by atoms with E-state index in [2.05, 4.69) is 22.6 Å². The number of hydrogen-bond acceptors (Lipinski definition) is 7. The summed E-state index contributed by atoms with van der Waals surface area (Å²) in [6, 6.07) is 19.1. The maximum atomic E-state index is 12.9. The standard InChI is InChI=1S/C25H19IN2O6S/c1-33-22-12-18(6-11-21(22)34-15-17-2-7-19(26)8-3-17)13-23-24(29)27(25(30)35-23)14-16-4-9-20(10-5-16)28(31)32/h2-13H,14-15H2,1H3/b23-13-. The van der Waals surface area contributed by atoms with Gasteiger partial charge in [0.25, 0.3) is 16.8 Å². The quantitative estimate of drug-likeness (QED) is 0.135. The Bertz CT molecular complexity index is 1310. The number of nitro benzene ring substituents is 1. The molecule has 1 aliphatic heterocycles. The van der Waals surface area contributed by atoms with Gasteiger partial charge >= 0.3 is 0 Å². The molecule has 8 nitrogen and oxygen atoms in total. The average Bonchev–Trinajstić information content (AvgIpc) is 3.11. The summed E-state index contributed by atoms with van der Waals surface area (Å²) >= 11 is 3.09. The Morgan fingerprint density at radius 1 is 1.00 bits per heavy atom. The molecule has 0 bridgehead atoms. The highest BCUT2D eigenvalue weighted by Gasteiger charge is 2.35. The molecule has 1 aliphatic rings. The third-order valence-corrected chi connectivity index (χ3v) is 6.78. The van der Waals surface area contributed by atoms with Crippen molar-refractivity contribution in [1.29, 1.82) is 0 Å². The molecule has 10 heteroatoms. The van der Waals surface area contributed by atoms with Crippen LogP contribution < -0.4 is 9.47 Å². The van der Waals surface area contributed by atoms with Gasteiger partial charge < -0.3 is 9.47 Å². The van der Waals surface area contributed by atoms with E-state index in [4.69, 9.17) is 9.47 Å². The first-order chi connectivity index (χ1) is 16.8. The summed E-state index contributed by atoms with van der Waals surface area (Å²) in [5.74, 6) is 0.653. The zero-order chi connectivity index (χ0) is 24.9. The molecule has 1 saturated heterocycles. The summed E-state index contributed by atoms with van der Waals surface area (Å²) in [5.41, 5.74) is 2.28. The summed E-state index contributed by atoms with van der Waals surface area (Å²) in [7, 11) is 1.54. The van der Waals surface area contributed by atoms with Crippen LogP contribution in [0, 0.1) is 13.7 Å². The van der Waals surface area contributed by atoms with Gasteiger partial charge in [-0.2, -0.15) is 0 Å². The smallest absolute Gasteiger partial charge is 0.293 e. The Morgan fingerprint density at radius 2 is 1.69 bits per heavy atom. The van der Waals surface area contributed by atoms with E-state index < -0.39 is 16.1 Å². The highest BCUT2D eigenvalue weighted by atomic mass is 127. The lowest BCUT2D eigenvalue weighted by molar-refractivity contribution is -0.384. The highest BCUT2D eigenvalue weighted by molar-refractivity contribution is 14.1. The first-order valence-electron chi connectivity index (χ1n) is 10.4. The number of hydrogen-bond donors (Lipinski definition) is 0. The second kappa shape index (κ2) is 10.9. The number of methoxy groups -OCH3 is 1. The zero-order valence-electron chi connectivity index (χ0n) is 18.5. The molecule has 0 spiro atoms. The molecule has 0 aliphatic carbocycles. The van der Waals surface area contributed by atoms with Gasteiger partial charge in [0.15, 0.2) is 11.5 Å². The first-order valence-corrected chi connectivity index (χ1v) is 12.3. The first kappa shape index (κ1) is 24.7. The van der Waals surface area contributed by atoms with Crippen molar-refractivity contribution in [3.63, 3.8) is 0 Å². The monoisotopic (exact) mass is 602 g/mol.